The van der Waals surface area contributed by atoms with Gasteiger partial charge in [0, 0.05) is 31.0 Å². The van der Waals surface area contributed by atoms with E-state index in [1.54, 1.807) is 0 Å². The molecule has 0 N–H and O–H groups in total. The van der Waals surface area contributed by atoms with Crippen molar-refractivity contribution in [2.45, 2.75) is 24.6 Å². The van der Waals surface area contributed by atoms with Crippen LogP contribution in [0.2, 0.25) is 0 Å². The second kappa shape index (κ2) is 6.73. The number of nitrogens with zero attached hydrogens (tertiary/aromatic N) is 2. The highest BCUT2D eigenvalue weighted by Gasteiger charge is 2.46. The number of alkyl halides is 1. The van der Waals surface area contributed by atoms with Crippen molar-refractivity contribution >= 4 is 35.2 Å². The van der Waals surface area contributed by atoms with Crippen molar-refractivity contribution in [3.8, 4) is 0 Å². The van der Waals surface area contributed by atoms with E-state index < -0.39 is 0 Å². The molecule has 0 saturated carbocycles. The zero-order valence-electron chi connectivity index (χ0n) is 13.3. The molecule has 3 rings (SSSR count). The summed E-state index contributed by atoms with van der Waals surface area (Å²) in [6.45, 7) is 4.13. The van der Waals surface area contributed by atoms with Crippen molar-refractivity contribution in [1.82, 2.24) is 9.80 Å². The van der Waals surface area contributed by atoms with Crippen LogP contribution in [0.25, 0.3) is 0 Å². The van der Waals surface area contributed by atoms with Crippen LogP contribution in [0.1, 0.15) is 28.8 Å². The van der Waals surface area contributed by atoms with E-state index in [4.69, 9.17) is 11.6 Å². The Morgan fingerprint density at radius 3 is 2.65 bits per heavy atom. The number of carbonyl (C=O) groups excluding carboxylic acids is 2. The predicted octanol–water partition coefficient (Wildman–Crippen LogP) is 2.74. The van der Waals surface area contributed by atoms with Gasteiger partial charge in [-0.1, -0.05) is 17.7 Å². The summed E-state index contributed by atoms with van der Waals surface area (Å²) in [5.74, 6) is 1.09. The highest BCUT2D eigenvalue weighted by Crippen LogP contribution is 2.44. The van der Waals surface area contributed by atoms with Crippen molar-refractivity contribution in [1.29, 1.82) is 0 Å². The number of benzene rings is 1. The molecule has 0 radical (unpaired) electrons. The molecule has 0 bridgehead atoms. The zero-order valence-corrected chi connectivity index (χ0v) is 14.8. The lowest BCUT2D eigenvalue weighted by molar-refractivity contribution is -0.130. The van der Waals surface area contributed by atoms with E-state index >= 15 is 0 Å². The molecule has 0 aliphatic carbocycles. The molecule has 2 saturated heterocycles. The van der Waals surface area contributed by atoms with Crippen LogP contribution < -0.4 is 0 Å². The Labute approximate surface area is 146 Å². The van der Waals surface area contributed by atoms with E-state index in [1.165, 1.54) is 0 Å². The van der Waals surface area contributed by atoms with Crippen LogP contribution >= 0.6 is 23.4 Å². The van der Waals surface area contributed by atoms with Crippen LogP contribution in [0, 0.1) is 6.92 Å². The molecule has 4 nitrogen and oxygen atoms in total. The third kappa shape index (κ3) is 3.22. The van der Waals surface area contributed by atoms with Gasteiger partial charge in [0.2, 0.25) is 5.91 Å². The van der Waals surface area contributed by atoms with Gasteiger partial charge in [-0.3, -0.25) is 9.59 Å². The Morgan fingerprint density at radius 2 is 2.00 bits per heavy atom. The quantitative estimate of drug-likeness (QED) is 0.768. The molecule has 0 unspecified atom stereocenters. The van der Waals surface area contributed by atoms with Crippen LogP contribution in [0.15, 0.2) is 24.3 Å². The van der Waals surface area contributed by atoms with E-state index in [-0.39, 0.29) is 22.6 Å². The Hall–Kier alpha value is -1.20. The van der Waals surface area contributed by atoms with Gasteiger partial charge in [0.05, 0.1) is 4.87 Å². The molecule has 1 aromatic rings. The zero-order chi connectivity index (χ0) is 16.4. The number of hydrogen-bond acceptors (Lipinski definition) is 3. The van der Waals surface area contributed by atoms with Gasteiger partial charge in [0.25, 0.3) is 5.91 Å². The van der Waals surface area contributed by atoms with Crippen molar-refractivity contribution in [2.75, 3.05) is 31.3 Å². The molecule has 2 fully saturated rings. The third-order valence-corrected chi connectivity index (χ3v) is 6.48. The normalized spacial score (nSPS) is 20.1. The first kappa shape index (κ1) is 16.7. The first-order valence-corrected chi connectivity index (χ1v) is 9.44. The maximum Gasteiger partial charge on any atom is 0.255 e. The highest BCUT2D eigenvalue weighted by molar-refractivity contribution is 8.00. The summed E-state index contributed by atoms with van der Waals surface area (Å²) in [6.07, 6.45) is 1.63. The third-order valence-electron chi connectivity index (χ3n) is 4.70. The van der Waals surface area contributed by atoms with Gasteiger partial charge in [-0.15, -0.1) is 23.4 Å². The number of thioether (sulfide) groups is 1. The largest absolute Gasteiger partial charge is 0.341 e. The molecular formula is C17H21ClN2O2S. The number of piperidine rings is 1. The molecule has 2 aliphatic rings. The fourth-order valence-electron chi connectivity index (χ4n) is 3.43. The summed E-state index contributed by atoms with van der Waals surface area (Å²) in [4.78, 5) is 28.4. The van der Waals surface area contributed by atoms with Gasteiger partial charge < -0.3 is 9.80 Å². The van der Waals surface area contributed by atoms with Crippen LogP contribution in [0.3, 0.4) is 0 Å². The van der Waals surface area contributed by atoms with E-state index in [0.29, 0.717) is 13.1 Å². The van der Waals surface area contributed by atoms with E-state index in [9.17, 15) is 9.59 Å². The average molecular weight is 353 g/mol. The number of likely N-dealkylation sites (tertiary alicyclic amines) is 1. The maximum absolute atomic E-state index is 13.0. The molecule has 23 heavy (non-hydrogen) atoms. The second-order valence-electron chi connectivity index (χ2n) is 6.14. The van der Waals surface area contributed by atoms with E-state index in [0.717, 1.165) is 36.3 Å². The lowest BCUT2D eigenvalue weighted by Gasteiger charge is -2.44. The van der Waals surface area contributed by atoms with Crippen molar-refractivity contribution < 1.29 is 9.59 Å². The van der Waals surface area contributed by atoms with Gasteiger partial charge in [-0.05, 0) is 31.9 Å². The van der Waals surface area contributed by atoms with Crippen molar-refractivity contribution in [3.63, 3.8) is 0 Å². The summed E-state index contributed by atoms with van der Waals surface area (Å²) in [7, 11) is 0. The molecule has 124 valence electrons. The van der Waals surface area contributed by atoms with Gasteiger partial charge in [0.15, 0.2) is 0 Å². The first-order chi connectivity index (χ1) is 11.1. The summed E-state index contributed by atoms with van der Waals surface area (Å²) in [5, 5.41) is 0. The molecule has 2 amide bonds. The second-order valence-corrected chi connectivity index (χ2v) is 7.86. The minimum atomic E-state index is -0.163. The van der Waals surface area contributed by atoms with Crippen molar-refractivity contribution in [3.05, 3.63) is 35.4 Å². The molecule has 1 aromatic carbocycles. The van der Waals surface area contributed by atoms with Gasteiger partial charge in [-0.2, -0.15) is 0 Å². The van der Waals surface area contributed by atoms with Crippen LogP contribution in [-0.2, 0) is 4.79 Å². The molecular weight excluding hydrogens is 332 g/mol. The van der Waals surface area contributed by atoms with Crippen LogP contribution in [-0.4, -0.2) is 57.8 Å². The number of aryl methyl sites for hydroxylation is 1. The Morgan fingerprint density at radius 1 is 1.26 bits per heavy atom. The van der Waals surface area contributed by atoms with Crippen molar-refractivity contribution in [2.24, 2.45) is 0 Å². The summed E-state index contributed by atoms with van der Waals surface area (Å²) < 4.78 is 0. The Bertz CT molecular complexity index is 614. The van der Waals surface area contributed by atoms with Gasteiger partial charge in [0.1, 0.15) is 5.88 Å². The number of hydrogen-bond donors (Lipinski definition) is 0. The summed E-state index contributed by atoms with van der Waals surface area (Å²) in [6, 6.07) is 7.77. The molecule has 6 heteroatoms. The summed E-state index contributed by atoms with van der Waals surface area (Å²) >= 11 is 7.51. The van der Waals surface area contributed by atoms with E-state index in [2.05, 4.69) is 0 Å². The molecule has 2 aliphatic heterocycles. The van der Waals surface area contributed by atoms with Crippen LogP contribution in [0.4, 0.5) is 0 Å². The minimum absolute atomic E-state index is 0.0129. The number of rotatable bonds is 2. The maximum atomic E-state index is 13.0. The summed E-state index contributed by atoms with van der Waals surface area (Å²) in [5.41, 5.74) is 1.85. The number of halogens is 1. The van der Waals surface area contributed by atoms with Crippen LogP contribution in [0.5, 0.6) is 0 Å². The predicted molar refractivity (Wildman–Crippen MR) is 93.9 cm³/mol. The average Bonchev–Trinajstić information content (AvgIpc) is 2.97. The minimum Gasteiger partial charge on any atom is -0.341 e. The SMILES string of the molecule is Cc1cccc(C(=O)N2CCSC23CCN(C(=O)CCl)CC3)c1. The Balaban J connectivity index is 1.76. The molecule has 0 aromatic heterocycles. The monoisotopic (exact) mass is 352 g/mol. The smallest absolute Gasteiger partial charge is 0.255 e. The first-order valence-electron chi connectivity index (χ1n) is 7.92. The van der Waals surface area contributed by atoms with Gasteiger partial charge in [-0.25, -0.2) is 0 Å². The number of carbonyl (C=O) groups is 2. The highest BCUT2D eigenvalue weighted by atomic mass is 35.5. The molecule has 1 spiro atoms. The standard InChI is InChI=1S/C17H21ClN2O2S/c1-13-3-2-4-14(11-13)16(22)20-9-10-23-17(20)5-7-19(8-6-17)15(21)12-18/h2-4,11H,5-10,12H2,1H3. The molecule has 0 atom stereocenters. The lowest BCUT2D eigenvalue weighted by atomic mass is 10.0. The fraction of sp³-hybridized carbons (Fsp3) is 0.529. The topological polar surface area (TPSA) is 40.6 Å². The number of amides is 2. The lowest BCUT2D eigenvalue weighted by Crippen LogP contribution is -2.53. The Kier molecular flexibility index (Phi) is 4.87. The van der Waals surface area contributed by atoms with Gasteiger partial charge >= 0.3 is 0 Å². The van der Waals surface area contributed by atoms with E-state index in [1.807, 2.05) is 52.8 Å². The fourth-order valence-corrected chi connectivity index (χ4v) is 5.06. The molecule has 2 heterocycles.